The van der Waals surface area contributed by atoms with Crippen molar-refractivity contribution in [3.05, 3.63) is 58.7 Å². The lowest BCUT2D eigenvalue weighted by Crippen LogP contribution is -2.32. The summed E-state index contributed by atoms with van der Waals surface area (Å²) in [6, 6.07) is 10.6. The van der Waals surface area contributed by atoms with Gasteiger partial charge in [0.2, 0.25) is 5.91 Å². The lowest BCUT2D eigenvalue weighted by atomic mass is 10.0. The van der Waals surface area contributed by atoms with Crippen molar-refractivity contribution >= 4 is 17.7 Å². The summed E-state index contributed by atoms with van der Waals surface area (Å²) >= 11 is 0. The minimum Gasteiger partial charge on any atom is -0.493 e. The first-order chi connectivity index (χ1) is 14.5. The highest BCUT2D eigenvalue weighted by Crippen LogP contribution is 2.30. The Kier molecular flexibility index (Phi) is 6.72. The molecule has 3 rings (SSSR count). The first-order valence-corrected chi connectivity index (χ1v) is 9.89. The maximum absolute atomic E-state index is 12.3. The molecule has 0 saturated heterocycles. The number of benzene rings is 2. The van der Waals surface area contributed by atoms with Crippen LogP contribution in [0, 0.1) is 6.92 Å². The number of methoxy groups -OCH3 is 2. The number of aryl methyl sites for hydroxylation is 1. The number of imide groups is 1. The van der Waals surface area contributed by atoms with Crippen molar-refractivity contribution < 1.29 is 23.9 Å². The van der Waals surface area contributed by atoms with E-state index in [0.29, 0.717) is 42.0 Å². The van der Waals surface area contributed by atoms with E-state index in [4.69, 9.17) is 9.47 Å². The van der Waals surface area contributed by atoms with Crippen LogP contribution in [0.15, 0.2) is 36.4 Å². The summed E-state index contributed by atoms with van der Waals surface area (Å²) in [4.78, 5) is 38.0. The largest absolute Gasteiger partial charge is 0.493 e. The average molecular weight is 410 g/mol. The molecule has 7 nitrogen and oxygen atoms in total. The predicted octanol–water partition coefficient (Wildman–Crippen LogP) is 2.75. The van der Waals surface area contributed by atoms with Gasteiger partial charge in [0.05, 0.1) is 25.3 Å². The number of fused-ring (bicyclic) bond motifs is 1. The van der Waals surface area contributed by atoms with Gasteiger partial charge < -0.3 is 14.8 Å². The maximum atomic E-state index is 12.3. The molecule has 0 spiro atoms. The van der Waals surface area contributed by atoms with Crippen molar-refractivity contribution in [3.8, 4) is 11.5 Å². The molecular weight excluding hydrogens is 384 g/mol. The molecule has 30 heavy (non-hydrogen) atoms. The summed E-state index contributed by atoms with van der Waals surface area (Å²) in [6.45, 7) is 2.71. The van der Waals surface area contributed by atoms with Gasteiger partial charge in [-0.1, -0.05) is 12.1 Å². The van der Waals surface area contributed by atoms with Crippen LogP contribution in [0.2, 0.25) is 0 Å². The van der Waals surface area contributed by atoms with Gasteiger partial charge in [0.15, 0.2) is 11.5 Å². The van der Waals surface area contributed by atoms with Gasteiger partial charge in [0, 0.05) is 19.5 Å². The topological polar surface area (TPSA) is 84.9 Å². The number of rotatable bonds is 9. The van der Waals surface area contributed by atoms with Crippen molar-refractivity contribution in [2.45, 2.75) is 26.2 Å². The molecule has 1 aliphatic rings. The van der Waals surface area contributed by atoms with E-state index in [1.807, 2.05) is 19.1 Å². The summed E-state index contributed by atoms with van der Waals surface area (Å²) in [5.74, 6) is 0.644. The molecule has 0 fully saturated rings. The van der Waals surface area contributed by atoms with Crippen LogP contribution in [0.25, 0.3) is 0 Å². The Morgan fingerprint density at radius 1 is 1.00 bits per heavy atom. The normalized spacial score (nSPS) is 12.7. The predicted molar refractivity (Wildman–Crippen MR) is 112 cm³/mol. The fourth-order valence-electron chi connectivity index (χ4n) is 3.56. The second-order valence-corrected chi connectivity index (χ2v) is 7.14. The maximum Gasteiger partial charge on any atom is 0.261 e. The Balaban J connectivity index is 1.44. The monoisotopic (exact) mass is 410 g/mol. The lowest BCUT2D eigenvalue weighted by Gasteiger charge is -2.14. The van der Waals surface area contributed by atoms with Gasteiger partial charge in [0.25, 0.3) is 11.8 Å². The Bertz CT molecular complexity index is 935. The smallest absolute Gasteiger partial charge is 0.261 e. The third-order valence-electron chi connectivity index (χ3n) is 5.22. The van der Waals surface area contributed by atoms with E-state index in [2.05, 4.69) is 5.32 Å². The molecule has 0 aliphatic carbocycles. The fraction of sp³-hybridized carbons (Fsp3) is 0.348. The first kappa shape index (κ1) is 21.4. The third kappa shape index (κ3) is 4.45. The number of amides is 3. The number of carbonyl (C=O) groups excluding carboxylic acids is 3. The van der Waals surface area contributed by atoms with Gasteiger partial charge in [-0.2, -0.15) is 0 Å². The number of ether oxygens (including phenoxy) is 2. The molecule has 7 heteroatoms. The molecule has 0 unspecified atom stereocenters. The SMILES string of the molecule is COc1cc(C)c(CCNC(=O)CCCN2C(=O)c3ccccc3C2=O)cc1OC. The number of nitrogens with one attached hydrogen (secondary N) is 1. The summed E-state index contributed by atoms with van der Waals surface area (Å²) < 4.78 is 10.6. The fourth-order valence-corrected chi connectivity index (χ4v) is 3.56. The highest BCUT2D eigenvalue weighted by Gasteiger charge is 2.34. The van der Waals surface area contributed by atoms with Gasteiger partial charge in [0.1, 0.15) is 0 Å². The second kappa shape index (κ2) is 9.43. The molecule has 2 aromatic rings. The minimum absolute atomic E-state index is 0.107. The zero-order chi connectivity index (χ0) is 21.7. The molecule has 0 saturated carbocycles. The van der Waals surface area contributed by atoms with Gasteiger partial charge >= 0.3 is 0 Å². The minimum atomic E-state index is -0.292. The molecule has 1 heterocycles. The molecule has 1 N–H and O–H groups in total. The number of hydrogen-bond donors (Lipinski definition) is 1. The lowest BCUT2D eigenvalue weighted by molar-refractivity contribution is -0.121. The van der Waals surface area contributed by atoms with Crippen LogP contribution in [0.5, 0.6) is 11.5 Å². The van der Waals surface area contributed by atoms with E-state index in [1.165, 1.54) is 4.90 Å². The van der Waals surface area contributed by atoms with Crippen molar-refractivity contribution in [2.24, 2.45) is 0 Å². The van der Waals surface area contributed by atoms with Crippen LogP contribution in [-0.4, -0.2) is 49.9 Å². The van der Waals surface area contributed by atoms with Crippen molar-refractivity contribution in [1.29, 1.82) is 0 Å². The summed E-state index contributed by atoms with van der Waals surface area (Å²) in [5, 5.41) is 2.89. The molecule has 2 aromatic carbocycles. The van der Waals surface area contributed by atoms with Crippen LogP contribution in [0.3, 0.4) is 0 Å². The van der Waals surface area contributed by atoms with Gasteiger partial charge in [-0.25, -0.2) is 0 Å². The first-order valence-electron chi connectivity index (χ1n) is 9.89. The Morgan fingerprint density at radius 3 is 2.20 bits per heavy atom. The summed E-state index contributed by atoms with van der Waals surface area (Å²) in [6.07, 6.45) is 1.33. The van der Waals surface area contributed by atoms with Crippen LogP contribution in [0.1, 0.15) is 44.7 Å². The zero-order valence-corrected chi connectivity index (χ0v) is 17.5. The summed E-state index contributed by atoms with van der Waals surface area (Å²) in [5.41, 5.74) is 2.99. The Hall–Kier alpha value is -3.35. The van der Waals surface area contributed by atoms with Crippen LogP contribution >= 0.6 is 0 Å². The van der Waals surface area contributed by atoms with Gasteiger partial charge in [-0.15, -0.1) is 0 Å². The highest BCUT2D eigenvalue weighted by atomic mass is 16.5. The molecule has 0 atom stereocenters. The second-order valence-electron chi connectivity index (χ2n) is 7.14. The number of nitrogens with zero attached hydrogens (tertiary/aromatic N) is 1. The quantitative estimate of drug-likeness (QED) is 0.643. The Labute approximate surface area is 176 Å². The third-order valence-corrected chi connectivity index (χ3v) is 5.22. The molecule has 3 amide bonds. The average Bonchev–Trinajstić information content (AvgIpc) is 2.99. The number of carbonyl (C=O) groups is 3. The van der Waals surface area contributed by atoms with E-state index in [-0.39, 0.29) is 30.7 Å². The molecule has 158 valence electrons. The van der Waals surface area contributed by atoms with E-state index in [9.17, 15) is 14.4 Å². The number of hydrogen-bond acceptors (Lipinski definition) is 5. The van der Waals surface area contributed by atoms with E-state index in [1.54, 1.807) is 38.5 Å². The molecular formula is C23H26N2O5. The Morgan fingerprint density at radius 2 is 1.60 bits per heavy atom. The summed E-state index contributed by atoms with van der Waals surface area (Å²) in [7, 11) is 3.19. The molecule has 0 radical (unpaired) electrons. The van der Waals surface area contributed by atoms with Crippen molar-refractivity contribution in [3.63, 3.8) is 0 Å². The van der Waals surface area contributed by atoms with Crippen LogP contribution in [-0.2, 0) is 11.2 Å². The van der Waals surface area contributed by atoms with E-state index in [0.717, 1.165) is 11.1 Å². The van der Waals surface area contributed by atoms with Gasteiger partial charge in [-0.3, -0.25) is 19.3 Å². The van der Waals surface area contributed by atoms with Crippen LogP contribution in [0.4, 0.5) is 0 Å². The van der Waals surface area contributed by atoms with E-state index >= 15 is 0 Å². The van der Waals surface area contributed by atoms with E-state index < -0.39 is 0 Å². The van der Waals surface area contributed by atoms with Gasteiger partial charge in [-0.05, 0) is 55.2 Å². The standard InChI is InChI=1S/C23H26N2O5/c1-15-13-19(29-2)20(30-3)14-16(15)10-11-24-21(26)9-6-12-25-22(27)17-7-4-5-8-18(17)23(25)28/h4-5,7-8,13-14H,6,9-12H2,1-3H3,(H,24,26). The van der Waals surface area contributed by atoms with Crippen molar-refractivity contribution in [2.75, 3.05) is 27.3 Å². The molecule has 0 bridgehead atoms. The molecule has 0 aromatic heterocycles. The van der Waals surface area contributed by atoms with Crippen LogP contribution < -0.4 is 14.8 Å². The molecule has 1 aliphatic heterocycles. The zero-order valence-electron chi connectivity index (χ0n) is 17.5. The van der Waals surface area contributed by atoms with Crippen molar-refractivity contribution in [1.82, 2.24) is 10.2 Å². The highest BCUT2D eigenvalue weighted by molar-refractivity contribution is 6.21.